The molecule has 0 spiro atoms. The van der Waals surface area contributed by atoms with Crippen LogP contribution in [-0.4, -0.2) is 44.0 Å². The largest absolute Gasteiger partial charge is 0.497 e. The zero-order chi connectivity index (χ0) is 20.1. The SMILES string of the molecule is COc1ccc(OC)c([C@@H](C)NC(=O)C2CCN(C(=O)c3cccs3)CC2)c1. The minimum atomic E-state index is -0.205. The van der Waals surface area contributed by atoms with Gasteiger partial charge in [-0.1, -0.05) is 6.07 Å². The first-order valence-electron chi connectivity index (χ1n) is 9.38. The molecule has 1 aromatic heterocycles. The number of rotatable bonds is 6. The molecule has 1 N–H and O–H groups in total. The summed E-state index contributed by atoms with van der Waals surface area (Å²) in [5, 5.41) is 4.99. The minimum absolute atomic E-state index is 0.0144. The van der Waals surface area contributed by atoms with Gasteiger partial charge in [0.2, 0.25) is 5.91 Å². The molecule has 2 amide bonds. The molecule has 0 aliphatic carbocycles. The monoisotopic (exact) mass is 402 g/mol. The molecule has 0 bridgehead atoms. The molecule has 2 aromatic rings. The van der Waals surface area contributed by atoms with Gasteiger partial charge in [-0.15, -0.1) is 11.3 Å². The molecule has 2 heterocycles. The van der Waals surface area contributed by atoms with Crippen LogP contribution in [0.25, 0.3) is 0 Å². The number of nitrogens with zero attached hydrogens (tertiary/aromatic N) is 1. The first-order valence-corrected chi connectivity index (χ1v) is 10.3. The standard InChI is InChI=1S/C21H26N2O4S/c1-14(17-13-16(26-2)6-7-18(17)27-3)22-20(24)15-8-10-23(11-9-15)21(25)19-5-4-12-28-19/h4-7,12-15H,8-11H2,1-3H3,(H,22,24)/t14-/m1/s1. The average Bonchev–Trinajstić information content (AvgIpc) is 3.27. The number of carbonyl (C=O) groups is 2. The summed E-state index contributed by atoms with van der Waals surface area (Å²) in [6.45, 7) is 3.14. The molecule has 3 rings (SSSR count). The van der Waals surface area contributed by atoms with Gasteiger partial charge in [0.1, 0.15) is 11.5 Å². The second-order valence-corrected chi connectivity index (χ2v) is 7.83. The highest BCUT2D eigenvalue weighted by Crippen LogP contribution is 2.30. The van der Waals surface area contributed by atoms with E-state index in [0.29, 0.717) is 31.7 Å². The molecule has 28 heavy (non-hydrogen) atoms. The fourth-order valence-corrected chi connectivity index (χ4v) is 4.18. The van der Waals surface area contributed by atoms with E-state index in [1.54, 1.807) is 14.2 Å². The second kappa shape index (κ2) is 9.10. The van der Waals surface area contributed by atoms with Crippen molar-refractivity contribution in [1.29, 1.82) is 0 Å². The van der Waals surface area contributed by atoms with Gasteiger partial charge in [-0.2, -0.15) is 0 Å². The van der Waals surface area contributed by atoms with Crippen molar-refractivity contribution in [3.8, 4) is 11.5 Å². The van der Waals surface area contributed by atoms with E-state index in [-0.39, 0.29) is 23.8 Å². The van der Waals surface area contributed by atoms with Gasteiger partial charge in [-0.3, -0.25) is 9.59 Å². The van der Waals surface area contributed by atoms with E-state index < -0.39 is 0 Å². The molecule has 1 atom stereocenters. The molecule has 1 fully saturated rings. The van der Waals surface area contributed by atoms with Crippen LogP contribution >= 0.6 is 11.3 Å². The predicted molar refractivity (Wildman–Crippen MR) is 109 cm³/mol. The molecule has 150 valence electrons. The zero-order valence-corrected chi connectivity index (χ0v) is 17.3. The van der Waals surface area contributed by atoms with Crippen molar-refractivity contribution in [3.05, 3.63) is 46.2 Å². The van der Waals surface area contributed by atoms with Crippen LogP contribution in [0.1, 0.15) is 41.0 Å². The first kappa shape index (κ1) is 20.2. The van der Waals surface area contributed by atoms with Crippen LogP contribution in [0.4, 0.5) is 0 Å². The fraction of sp³-hybridized carbons (Fsp3) is 0.429. The van der Waals surface area contributed by atoms with E-state index >= 15 is 0 Å². The number of ether oxygens (including phenoxy) is 2. The molecule has 1 saturated heterocycles. The number of amides is 2. The summed E-state index contributed by atoms with van der Waals surface area (Å²) in [6.07, 6.45) is 1.34. The lowest BCUT2D eigenvalue weighted by Gasteiger charge is -2.31. The molecular weight excluding hydrogens is 376 g/mol. The molecular formula is C21H26N2O4S. The molecule has 7 heteroatoms. The zero-order valence-electron chi connectivity index (χ0n) is 16.4. The van der Waals surface area contributed by atoms with Crippen molar-refractivity contribution < 1.29 is 19.1 Å². The molecule has 0 unspecified atom stereocenters. The van der Waals surface area contributed by atoms with E-state index in [0.717, 1.165) is 16.2 Å². The van der Waals surface area contributed by atoms with Crippen LogP contribution in [0, 0.1) is 5.92 Å². The van der Waals surface area contributed by atoms with Crippen molar-refractivity contribution in [1.82, 2.24) is 10.2 Å². The highest BCUT2D eigenvalue weighted by atomic mass is 32.1. The Kier molecular flexibility index (Phi) is 6.57. The first-order chi connectivity index (χ1) is 13.5. The number of thiophene rings is 1. The van der Waals surface area contributed by atoms with Crippen LogP contribution in [0.5, 0.6) is 11.5 Å². The lowest BCUT2D eigenvalue weighted by atomic mass is 9.95. The number of nitrogens with one attached hydrogen (secondary N) is 1. The van der Waals surface area contributed by atoms with Crippen LogP contribution < -0.4 is 14.8 Å². The average molecular weight is 403 g/mol. The van der Waals surface area contributed by atoms with Gasteiger partial charge < -0.3 is 19.7 Å². The smallest absolute Gasteiger partial charge is 0.263 e. The van der Waals surface area contributed by atoms with Crippen molar-refractivity contribution in [2.45, 2.75) is 25.8 Å². The van der Waals surface area contributed by atoms with E-state index in [1.807, 2.05) is 47.5 Å². The number of carbonyl (C=O) groups excluding carboxylic acids is 2. The number of benzene rings is 1. The van der Waals surface area contributed by atoms with Gasteiger partial charge in [0.25, 0.3) is 5.91 Å². The maximum atomic E-state index is 12.8. The maximum Gasteiger partial charge on any atom is 0.263 e. The van der Waals surface area contributed by atoms with Crippen molar-refractivity contribution in [3.63, 3.8) is 0 Å². The van der Waals surface area contributed by atoms with Crippen molar-refractivity contribution in [2.75, 3.05) is 27.3 Å². The van der Waals surface area contributed by atoms with E-state index in [1.165, 1.54) is 11.3 Å². The van der Waals surface area contributed by atoms with Gasteiger partial charge in [-0.05, 0) is 49.4 Å². The summed E-state index contributed by atoms with van der Waals surface area (Å²) >= 11 is 1.45. The molecule has 0 saturated carbocycles. The topological polar surface area (TPSA) is 67.9 Å². The normalized spacial score (nSPS) is 15.8. The van der Waals surface area contributed by atoms with E-state index in [2.05, 4.69) is 5.32 Å². The lowest BCUT2D eigenvalue weighted by molar-refractivity contribution is -0.127. The molecule has 1 aromatic carbocycles. The van der Waals surface area contributed by atoms with Gasteiger partial charge in [0, 0.05) is 24.6 Å². The number of hydrogen-bond donors (Lipinski definition) is 1. The Bertz CT molecular complexity index is 814. The summed E-state index contributed by atoms with van der Waals surface area (Å²) in [6, 6.07) is 9.07. The minimum Gasteiger partial charge on any atom is -0.497 e. The Morgan fingerprint density at radius 1 is 1.18 bits per heavy atom. The molecule has 1 aliphatic heterocycles. The number of likely N-dealkylation sites (tertiary alicyclic amines) is 1. The Balaban J connectivity index is 1.58. The Labute approximate surface area is 169 Å². The summed E-state index contributed by atoms with van der Waals surface area (Å²) < 4.78 is 10.7. The highest BCUT2D eigenvalue weighted by Gasteiger charge is 2.29. The summed E-state index contributed by atoms with van der Waals surface area (Å²) in [5.41, 5.74) is 0.875. The van der Waals surface area contributed by atoms with Crippen LogP contribution in [0.3, 0.4) is 0 Å². The third kappa shape index (κ3) is 4.47. The predicted octanol–water partition coefficient (Wildman–Crippen LogP) is 3.49. The fourth-order valence-electron chi connectivity index (χ4n) is 3.49. The number of hydrogen-bond acceptors (Lipinski definition) is 5. The molecule has 1 aliphatic rings. The van der Waals surface area contributed by atoms with Crippen molar-refractivity contribution >= 4 is 23.2 Å². The van der Waals surface area contributed by atoms with Gasteiger partial charge >= 0.3 is 0 Å². The second-order valence-electron chi connectivity index (χ2n) is 6.88. The number of piperidine rings is 1. The molecule has 6 nitrogen and oxygen atoms in total. The van der Waals surface area contributed by atoms with Gasteiger partial charge in [-0.25, -0.2) is 0 Å². The highest BCUT2D eigenvalue weighted by molar-refractivity contribution is 7.12. The van der Waals surface area contributed by atoms with Gasteiger partial charge in [0.15, 0.2) is 0 Å². The summed E-state index contributed by atoms with van der Waals surface area (Å²) in [5.74, 6) is 1.41. The lowest BCUT2D eigenvalue weighted by Crippen LogP contribution is -2.43. The quantitative estimate of drug-likeness (QED) is 0.803. The maximum absolute atomic E-state index is 12.8. The summed E-state index contributed by atoms with van der Waals surface area (Å²) in [4.78, 5) is 27.8. The van der Waals surface area contributed by atoms with Gasteiger partial charge in [0.05, 0.1) is 25.1 Å². The number of methoxy groups -OCH3 is 2. The Morgan fingerprint density at radius 3 is 2.54 bits per heavy atom. The van der Waals surface area contributed by atoms with Crippen LogP contribution in [-0.2, 0) is 4.79 Å². The Morgan fingerprint density at radius 2 is 1.93 bits per heavy atom. The van der Waals surface area contributed by atoms with Crippen LogP contribution in [0.15, 0.2) is 35.7 Å². The van der Waals surface area contributed by atoms with E-state index in [4.69, 9.17) is 9.47 Å². The van der Waals surface area contributed by atoms with E-state index in [9.17, 15) is 9.59 Å². The van der Waals surface area contributed by atoms with Crippen LogP contribution in [0.2, 0.25) is 0 Å². The third-order valence-corrected chi connectivity index (χ3v) is 6.00. The third-order valence-electron chi connectivity index (χ3n) is 5.15. The summed E-state index contributed by atoms with van der Waals surface area (Å²) in [7, 11) is 3.22. The van der Waals surface area contributed by atoms with Crippen molar-refractivity contribution in [2.24, 2.45) is 5.92 Å². The molecule has 0 radical (unpaired) electrons. The Hall–Kier alpha value is -2.54.